The van der Waals surface area contributed by atoms with Crippen molar-refractivity contribution in [2.45, 2.75) is 17.6 Å². The lowest BCUT2D eigenvalue weighted by atomic mass is 9.96. The van der Waals surface area contributed by atoms with Gasteiger partial charge >= 0.3 is 0 Å². The van der Waals surface area contributed by atoms with Gasteiger partial charge in [0.15, 0.2) is 19.4 Å². The molecule has 1 fully saturated rings. The highest BCUT2D eigenvalue weighted by atomic mass is 35.5. The molecule has 1 aliphatic rings. The molecule has 1 aliphatic heterocycles. The van der Waals surface area contributed by atoms with Crippen LogP contribution >= 0.6 is 23.7 Å². The van der Waals surface area contributed by atoms with Gasteiger partial charge in [-0.15, -0.1) is 23.7 Å². The Bertz CT molecular complexity index is 642. The number of nitrogens with zero attached hydrogens (tertiary/aromatic N) is 2. The number of aryl methyl sites for hydroxylation is 1. The molecule has 1 aromatic heterocycles. The van der Waals surface area contributed by atoms with E-state index < -0.39 is 20.5 Å². The second kappa shape index (κ2) is 6.38. The monoisotopic (exact) mass is 339 g/mol. The smallest absolute Gasteiger partial charge is 0.269 e. The highest BCUT2D eigenvalue weighted by Gasteiger charge is 2.48. The third-order valence-corrected chi connectivity index (χ3v) is 6.32. The number of carbonyl (C=O) groups is 1. The van der Waals surface area contributed by atoms with E-state index in [4.69, 9.17) is 0 Å². The SMILES string of the molecule is Cl.Cn1ccsc1=NC(=O)C1(S(C)(=O)=O)CCNCC1. The van der Waals surface area contributed by atoms with Crippen LogP contribution in [0.4, 0.5) is 0 Å². The lowest BCUT2D eigenvalue weighted by Crippen LogP contribution is -2.52. The Kier molecular flexibility index (Phi) is 5.54. The van der Waals surface area contributed by atoms with Gasteiger partial charge in [-0.1, -0.05) is 0 Å². The quantitative estimate of drug-likeness (QED) is 0.829. The molecule has 0 aromatic carbocycles. The molecule has 1 N–H and O–H groups in total. The zero-order chi connectivity index (χ0) is 14.1. The Balaban J connectivity index is 0.00000200. The first-order valence-corrected chi connectivity index (χ1v) is 8.73. The first-order valence-electron chi connectivity index (χ1n) is 5.96. The van der Waals surface area contributed by atoms with Gasteiger partial charge in [0.25, 0.3) is 5.91 Å². The van der Waals surface area contributed by atoms with E-state index in [2.05, 4.69) is 10.3 Å². The molecule has 0 spiro atoms. The normalized spacial score (nSPS) is 19.4. The Morgan fingerprint density at radius 2 is 2.05 bits per heavy atom. The van der Waals surface area contributed by atoms with E-state index in [9.17, 15) is 13.2 Å². The van der Waals surface area contributed by atoms with Crippen molar-refractivity contribution in [3.05, 3.63) is 16.4 Å². The van der Waals surface area contributed by atoms with Crippen LogP contribution in [-0.4, -0.2) is 43.0 Å². The van der Waals surface area contributed by atoms with E-state index in [0.29, 0.717) is 17.9 Å². The van der Waals surface area contributed by atoms with Crippen molar-refractivity contribution >= 4 is 39.5 Å². The first kappa shape index (κ1) is 17.4. The minimum atomic E-state index is -3.49. The van der Waals surface area contributed by atoms with Gasteiger partial charge in [0.05, 0.1) is 0 Å². The summed E-state index contributed by atoms with van der Waals surface area (Å²) >= 11 is 1.32. The van der Waals surface area contributed by atoms with Crippen molar-refractivity contribution in [1.29, 1.82) is 0 Å². The predicted molar refractivity (Wildman–Crippen MR) is 80.8 cm³/mol. The van der Waals surface area contributed by atoms with Crippen LogP contribution < -0.4 is 10.1 Å². The number of carbonyl (C=O) groups excluding carboxylic acids is 1. The van der Waals surface area contributed by atoms with Crippen molar-refractivity contribution in [2.24, 2.45) is 12.0 Å². The number of aromatic nitrogens is 1. The van der Waals surface area contributed by atoms with Gasteiger partial charge in [-0.25, -0.2) is 8.42 Å². The molecular weight excluding hydrogens is 322 g/mol. The van der Waals surface area contributed by atoms with E-state index in [1.54, 1.807) is 17.8 Å². The van der Waals surface area contributed by atoms with Crippen LogP contribution in [0.5, 0.6) is 0 Å². The molecule has 0 saturated carbocycles. The number of halogens is 1. The Morgan fingerprint density at radius 1 is 1.45 bits per heavy atom. The number of hydrogen-bond acceptors (Lipinski definition) is 5. The van der Waals surface area contributed by atoms with Crippen molar-refractivity contribution in [3.63, 3.8) is 0 Å². The van der Waals surface area contributed by atoms with Crippen LogP contribution in [0.1, 0.15) is 12.8 Å². The van der Waals surface area contributed by atoms with Gasteiger partial charge in [0.1, 0.15) is 0 Å². The zero-order valence-electron chi connectivity index (χ0n) is 11.3. The van der Waals surface area contributed by atoms with Crippen molar-refractivity contribution in [3.8, 4) is 0 Å². The topological polar surface area (TPSA) is 80.5 Å². The van der Waals surface area contributed by atoms with Gasteiger partial charge < -0.3 is 9.88 Å². The number of amides is 1. The number of hydrogen-bond donors (Lipinski definition) is 1. The summed E-state index contributed by atoms with van der Waals surface area (Å²) in [6, 6.07) is 0. The Labute approximate surface area is 128 Å². The fourth-order valence-electron chi connectivity index (χ4n) is 2.20. The average molecular weight is 340 g/mol. The molecule has 2 heterocycles. The number of sulfone groups is 1. The summed E-state index contributed by atoms with van der Waals surface area (Å²) in [6.07, 6.45) is 3.47. The first-order chi connectivity index (χ1) is 8.87. The van der Waals surface area contributed by atoms with Crippen LogP contribution in [-0.2, 0) is 21.7 Å². The standard InChI is InChI=1S/C11H17N3O3S2.ClH/c1-14-7-8-18-10(14)13-9(15)11(19(2,16)17)3-5-12-6-4-11;/h7-8,12H,3-6H2,1-2H3;1H. The van der Waals surface area contributed by atoms with Crippen molar-refractivity contribution < 1.29 is 13.2 Å². The molecular formula is C11H18ClN3O3S2. The second-order valence-corrected chi connectivity index (χ2v) is 7.93. The second-order valence-electron chi connectivity index (χ2n) is 4.73. The number of rotatable bonds is 2. The summed E-state index contributed by atoms with van der Waals surface area (Å²) in [6.45, 7) is 1.04. The molecule has 6 nitrogen and oxygen atoms in total. The minimum Gasteiger partial charge on any atom is -0.327 e. The molecule has 0 aliphatic carbocycles. The average Bonchev–Trinajstić information content (AvgIpc) is 2.74. The van der Waals surface area contributed by atoms with Crippen LogP contribution in [0.3, 0.4) is 0 Å². The zero-order valence-corrected chi connectivity index (χ0v) is 13.8. The molecule has 114 valence electrons. The predicted octanol–water partition coefficient (Wildman–Crippen LogP) is 0.103. The van der Waals surface area contributed by atoms with Crippen LogP contribution in [0.2, 0.25) is 0 Å². The summed E-state index contributed by atoms with van der Waals surface area (Å²) < 4.78 is 24.4. The van der Waals surface area contributed by atoms with E-state index in [-0.39, 0.29) is 25.2 Å². The molecule has 1 aromatic rings. The van der Waals surface area contributed by atoms with E-state index in [0.717, 1.165) is 6.26 Å². The number of nitrogens with one attached hydrogen (secondary N) is 1. The van der Waals surface area contributed by atoms with Crippen LogP contribution in [0, 0.1) is 0 Å². The maximum absolute atomic E-state index is 12.4. The summed E-state index contributed by atoms with van der Waals surface area (Å²) in [4.78, 5) is 16.9. The van der Waals surface area contributed by atoms with E-state index >= 15 is 0 Å². The lowest BCUT2D eigenvalue weighted by Gasteiger charge is -2.32. The molecule has 0 bridgehead atoms. The fourth-order valence-corrected chi connectivity index (χ4v) is 4.23. The van der Waals surface area contributed by atoms with E-state index in [1.165, 1.54) is 11.3 Å². The summed E-state index contributed by atoms with van der Waals surface area (Å²) in [5, 5.41) is 4.88. The summed E-state index contributed by atoms with van der Waals surface area (Å²) in [7, 11) is -1.71. The Morgan fingerprint density at radius 3 is 2.50 bits per heavy atom. The number of piperidine rings is 1. The Hall–Kier alpha value is -0.700. The molecule has 2 rings (SSSR count). The molecule has 0 atom stereocenters. The molecule has 1 saturated heterocycles. The van der Waals surface area contributed by atoms with Gasteiger partial charge in [0.2, 0.25) is 0 Å². The maximum atomic E-state index is 12.4. The highest BCUT2D eigenvalue weighted by Crippen LogP contribution is 2.29. The van der Waals surface area contributed by atoms with Crippen LogP contribution in [0.25, 0.3) is 0 Å². The highest BCUT2D eigenvalue weighted by molar-refractivity contribution is 7.92. The van der Waals surface area contributed by atoms with Crippen molar-refractivity contribution in [2.75, 3.05) is 19.3 Å². The third kappa shape index (κ3) is 3.13. The lowest BCUT2D eigenvalue weighted by molar-refractivity contribution is -0.121. The minimum absolute atomic E-state index is 0. The molecule has 0 unspecified atom stereocenters. The largest absolute Gasteiger partial charge is 0.327 e. The molecule has 20 heavy (non-hydrogen) atoms. The fraction of sp³-hybridized carbons (Fsp3) is 0.636. The molecule has 0 radical (unpaired) electrons. The van der Waals surface area contributed by atoms with Gasteiger partial charge in [-0.2, -0.15) is 4.99 Å². The maximum Gasteiger partial charge on any atom is 0.269 e. The van der Waals surface area contributed by atoms with Gasteiger partial charge in [-0.05, 0) is 25.9 Å². The third-order valence-electron chi connectivity index (χ3n) is 3.47. The van der Waals surface area contributed by atoms with Crippen molar-refractivity contribution in [1.82, 2.24) is 9.88 Å². The summed E-state index contributed by atoms with van der Waals surface area (Å²) in [5.74, 6) is -0.547. The summed E-state index contributed by atoms with van der Waals surface area (Å²) in [5.41, 5.74) is 0. The van der Waals surface area contributed by atoms with E-state index in [1.807, 2.05) is 5.38 Å². The number of thiazole rings is 1. The van der Waals surface area contributed by atoms with Gasteiger partial charge in [-0.3, -0.25) is 4.79 Å². The van der Waals surface area contributed by atoms with Crippen LogP contribution in [0.15, 0.2) is 16.6 Å². The molecule has 9 heteroatoms. The van der Waals surface area contributed by atoms with Gasteiger partial charge in [0, 0.05) is 24.9 Å². The molecule has 1 amide bonds.